The van der Waals surface area contributed by atoms with Gasteiger partial charge in [-0.3, -0.25) is 4.79 Å². The van der Waals surface area contributed by atoms with Crippen LogP contribution in [0.25, 0.3) is 0 Å². The molecule has 0 fully saturated rings. The summed E-state index contributed by atoms with van der Waals surface area (Å²) in [4.78, 5) is 26.2. The van der Waals surface area contributed by atoms with Crippen molar-refractivity contribution in [3.05, 3.63) is 35.4 Å². The third-order valence-corrected chi connectivity index (χ3v) is 4.97. The fraction of sp³-hybridized carbons (Fsp3) is 0.556. The summed E-state index contributed by atoms with van der Waals surface area (Å²) < 4.78 is 0. The number of nitrogens with zero attached hydrogens (tertiary/aromatic N) is 1. The van der Waals surface area contributed by atoms with Crippen molar-refractivity contribution in [3.63, 3.8) is 0 Å². The number of rotatable bonds is 6. The molecule has 1 aliphatic rings. The van der Waals surface area contributed by atoms with Gasteiger partial charge in [0.25, 0.3) is 0 Å². The Hall–Kier alpha value is -2.08. The van der Waals surface area contributed by atoms with E-state index < -0.39 is 0 Å². The van der Waals surface area contributed by atoms with Crippen molar-refractivity contribution in [1.29, 1.82) is 0 Å². The summed E-state index contributed by atoms with van der Waals surface area (Å²) in [7, 11) is 0. The Morgan fingerprint density at radius 2 is 1.88 bits per heavy atom. The molecule has 6 nitrogen and oxygen atoms in total. The smallest absolute Gasteiger partial charge is 0.318 e. The molecular formula is C18H28N4O2. The van der Waals surface area contributed by atoms with Gasteiger partial charge in [0.05, 0.1) is 12.1 Å². The number of amides is 3. The van der Waals surface area contributed by atoms with Crippen molar-refractivity contribution in [2.24, 2.45) is 5.73 Å². The molecule has 0 aliphatic carbocycles. The Labute approximate surface area is 143 Å². The zero-order valence-electron chi connectivity index (χ0n) is 14.6. The fourth-order valence-corrected chi connectivity index (χ4v) is 3.04. The lowest BCUT2D eigenvalue weighted by Crippen LogP contribution is -2.55. The lowest BCUT2D eigenvalue weighted by molar-refractivity contribution is -0.122. The molecular weight excluding hydrogens is 304 g/mol. The first-order chi connectivity index (χ1) is 11.5. The van der Waals surface area contributed by atoms with Crippen LogP contribution in [0.2, 0.25) is 0 Å². The summed E-state index contributed by atoms with van der Waals surface area (Å²) in [5.41, 5.74) is 7.86. The van der Waals surface area contributed by atoms with Gasteiger partial charge in [-0.1, -0.05) is 38.1 Å². The topological polar surface area (TPSA) is 87.5 Å². The average Bonchev–Trinajstić information content (AvgIpc) is 2.64. The second-order valence-corrected chi connectivity index (χ2v) is 6.34. The summed E-state index contributed by atoms with van der Waals surface area (Å²) in [6.07, 6.45) is 2.38. The molecule has 132 valence electrons. The molecule has 3 amide bonds. The number of benzene rings is 1. The first kappa shape index (κ1) is 18.3. The molecule has 0 spiro atoms. The predicted octanol–water partition coefficient (Wildman–Crippen LogP) is 1.39. The molecule has 0 atom stereocenters. The Balaban J connectivity index is 1.84. The van der Waals surface area contributed by atoms with Gasteiger partial charge in [-0.15, -0.1) is 0 Å². The lowest BCUT2D eigenvalue weighted by Gasteiger charge is -2.32. The summed E-state index contributed by atoms with van der Waals surface area (Å²) in [5, 5.41) is 5.67. The minimum absolute atomic E-state index is 0.0290. The Kier molecular flexibility index (Phi) is 6.20. The van der Waals surface area contributed by atoms with Gasteiger partial charge in [0.1, 0.15) is 0 Å². The number of carbonyl (C=O) groups is 2. The minimum Gasteiger partial charge on any atom is -0.348 e. The van der Waals surface area contributed by atoms with Gasteiger partial charge in [-0.2, -0.15) is 0 Å². The first-order valence-corrected chi connectivity index (χ1v) is 8.64. The molecule has 0 saturated carbocycles. The standard InChI is InChI=1S/C18H28N4O2/c1-3-18(4-2,13-19)21-16(23)11-20-17(24)22-10-9-14-7-5-6-8-15(14)12-22/h5-8H,3-4,9-13,19H2,1-2H3,(H,20,24)(H,21,23). The van der Waals surface area contributed by atoms with E-state index in [1.165, 1.54) is 11.1 Å². The van der Waals surface area contributed by atoms with E-state index in [4.69, 9.17) is 5.73 Å². The van der Waals surface area contributed by atoms with E-state index >= 15 is 0 Å². The molecule has 6 heteroatoms. The second-order valence-electron chi connectivity index (χ2n) is 6.34. The monoisotopic (exact) mass is 332 g/mol. The molecule has 0 saturated heterocycles. The molecule has 1 aromatic rings. The molecule has 0 bridgehead atoms. The molecule has 0 aromatic heterocycles. The third-order valence-electron chi connectivity index (χ3n) is 4.97. The van der Waals surface area contributed by atoms with Crippen molar-refractivity contribution in [1.82, 2.24) is 15.5 Å². The van der Waals surface area contributed by atoms with Gasteiger partial charge < -0.3 is 21.3 Å². The van der Waals surface area contributed by atoms with Gasteiger partial charge in [0.15, 0.2) is 0 Å². The van der Waals surface area contributed by atoms with E-state index in [2.05, 4.69) is 16.7 Å². The second kappa shape index (κ2) is 8.15. The molecule has 2 rings (SSSR count). The number of carbonyl (C=O) groups excluding carboxylic acids is 2. The van der Waals surface area contributed by atoms with E-state index in [0.717, 1.165) is 19.3 Å². The molecule has 0 radical (unpaired) electrons. The number of nitrogens with two attached hydrogens (primary N) is 1. The van der Waals surface area contributed by atoms with Crippen molar-refractivity contribution in [2.75, 3.05) is 19.6 Å². The van der Waals surface area contributed by atoms with E-state index in [1.807, 2.05) is 32.0 Å². The van der Waals surface area contributed by atoms with Crippen LogP contribution in [-0.4, -0.2) is 42.0 Å². The van der Waals surface area contributed by atoms with Crippen LogP contribution in [0.4, 0.5) is 4.79 Å². The normalized spacial score (nSPS) is 14.0. The van der Waals surface area contributed by atoms with Crippen LogP contribution in [0.15, 0.2) is 24.3 Å². The maximum absolute atomic E-state index is 12.3. The predicted molar refractivity (Wildman–Crippen MR) is 94.5 cm³/mol. The minimum atomic E-state index is -0.383. The quantitative estimate of drug-likeness (QED) is 0.735. The summed E-state index contributed by atoms with van der Waals surface area (Å²) in [5.74, 6) is -0.199. The number of fused-ring (bicyclic) bond motifs is 1. The van der Waals surface area contributed by atoms with Gasteiger partial charge in [-0.25, -0.2) is 4.79 Å². The van der Waals surface area contributed by atoms with Gasteiger partial charge in [0, 0.05) is 19.6 Å². The van der Waals surface area contributed by atoms with Crippen LogP contribution in [-0.2, 0) is 17.8 Å². The van der Waals surface area contributed by atoms with E-state index in [0.29, 0.717) is 19.6 Å². The molecule has 0 unspecified atom stereocenters. The highest BCUT2D eigenvalue weighted by molar-refractivity contribution is 5.84. The molecule has 1 heterocycles. The summed E-state index contributed by atoms with van der Waals surface area (Å²) >= 11 is 0. The van der Waals surface area contributed by atoms with Gasteiger partial charge in [0.2, 0.25) is 5.91 Å². The highest BCUT2D eigenvalue weighted by atomic mass is 16.2. The Morgan fingerprint density at radius 3 is 2.50 bits per heavy atom. The molecule has 24 heavy (non-hydrogen) atoms. The zero-order valence-corrected chi connectivity index (χ0v) is 14.6. The van der Waals surface area contributed by atoms with Crippen LogP contribution in [0.5, 0.6) is 0 Å². The zero-order chi connectivity index (χ0) is 17.6. The summed E-state index contributed by atoms with van der Waals surface area (Å²) in [6, 6.07) is 7.94. The molecule has 1 aliphatic heterocycles. The lowest BCUT2D eigenvalue weighted by atomic mass is 9.93. The van der Waals surface area contributed by atoms with Gasteiger partial charge in [-0.05, 0) is 30.4 Å². The number of hydrogen-bond acceptors (Lipinski definition) is 3. The first-order valence-electron chi connectivity index (χ1n) is 8.64. The maximum atomic E-state index is 12.3. The number of urea groups is 1. The number of hydrogen-bond donors (Lipinski definition) is 3. The average molecular weight is 332 g/mol. The Bertz CT molecular complexity index is 576. The van der Waals surface area contributed by atoms with Crippen LogP contribution in [0.1, 0.15) is 37.8 Å². The van der Waals surface area contributed by atoms with E-state index in [9.17, 15) is 9.59 Å². The number of nitrogens with one attached hydrogen (secondary N) is 2. The Morgan fingerprint density at radius 1 is 1.21 bits per heavy atom. The van der Waals surface area contributed by atoms with Crippen LogP contribution in [0, 0.1) is 0 Å². The fourth-order valence-electron chi connectivity index (χ4n) is 3.04. The highest BCUT2D eigenvalue weighted by Crippen LogP contribution is 2.18. The third kappa shape index (κ3) is 4.26. The van der Waals surface area contributed by atoms with Crippen LogP contribution >= 0.6 is 0 Å². The van der Waals surface area contributed by atoms with Crippen molar-refractivity contribution in [3.8, 4) is 0 Å². The van der Waals surface area contributed by atoms with Gasteiger partial charge >= 0.3 is 6.03 Å². The largest absolute Gasteiger partial charge is 0.348 e. The molecule has 4 N–H and O–H groups in total. The summed E-state index contributed by atoms with van der Waals surface area (Å²) in [6.45, 7) is 5.61. The van der Waals surface area contributed by atoms with Crippen LogP contribution < -0.4 is 16.4 Å². The van der Waals surface area contributed by atoms with Crippen molar-refractivity contribution in [2.45, 2.75) is 45.2 Å². The van der Waals surface area contributed by atoms with E-state index in [-0.39, 0.29) is 24.0 Å². The van der Waals surface area contributed by atoms with Crippen molar-refractivity contribution >= 4 is 11.9 Å². The molecule has 1 aromatic carbocycles. The highest BCUT2D eigenvalue weighted by Gasteiger charge is 2.27. The van der Waals surface area contributed by atoms with Crippen LogP contribution in [0.3, 0.4) is 0 Å². The van der Waals surface area contributed by atoms with Crippen molar-refractivity contribution < 1.29 is 9.59 Å². The maximum Gasteiger partial charge on any atom is 0.318 e. The SMILES string of the molecule is CCC(CC)(CN)NC(=O)CNC(=O)N1CCc2ccccc2C1. The van der Waals surface area contributed by atoms with E-state index in [1.54, 1.807) is 4.90 Å².